The number of amides is 3. The highest BCUT2D eigenvalue weighted by Crippen LogP contribution is 2.31. The summed E-state index contributed by atoms with van der Waals surface area (Å²) in [6, 6.07) is 6.95. The van der Waals surface area contributed by atoms with Crippen LogP contribution in [0.1, 0.15) is 38.8 Å². The van der Waals surface area contributed by atoms with Crippen LogP contribution >= 0.6 is 0 Å². The van der Waals surface area contributed by atoms with Crippen molar-refractivity contribution in [2.24, 2.45) is 0 Å². The summed E-state index contributed by atoms with van der Waals surface area (Å²) < 4.78 is 9.72. The molecule has 1 aliphatic heterocycles. The van der Waals surface area contributed by atoms with Crippen LogP contribution < -0.4 is 5.32 Å². The third kappa shape index (κ3) is 4.04. The zero-order valence-electron chi connectivity index (χ0n) is 15.9. The number of hydrogen-bond acceptors (Lipinski definition) is 5. The first-order valence-electron chi connectivity index (χ1n) is 8.49. The van der Waals surface area contributed by atoms with Crippen molar-refractivity contribution in [3.63, 3.8) is 0 Å². The molecule has 142 valence electrons. The van der Waals surface area contributed by atoms with Gasteiger partial charge in [0.2, 0.25) is 0 Å². The summed E-state index contributed by atoms with van der Waals surface area (Å²) in [7, 11) is 1.49. The Balaban J connectivity index is 2.14. The van der Waals surface area contributed by atoms with Crippen molar-refractivity contribution in [3.8, 4) is 0 Å². The van der Waals surface area contributed by atoms with Crippen LogP contribution in [0.5, 0.6) is 0 Å². The van der Waals surface area contributed by atoms with E-state index in [9.17, 15) is 14.4 Å². The molecule has 7 nitrogen and oxygen atoms in total. The third-order valence-corrected chi connectivity index (χ3v) is 4.44. The normalized spacial score (nSPS) is 20.3. The molecule has 1 N–H and O–H groups in total. The highest BCUT2D eigenvalue weighted by atomic mass is 16.6. The number of carbonyl (C=O) groups excluding carboxylic acids is 3. The second-order valence-electron chi connectivity index (χ2n) is 7.49. The number of benzene rings is 1. The molecule has 0 bridgehead atoms. The lowest BCUT2D eigenvalue weighted by Crippen LogP contribution is -2.41. The Hall–Kier alpha value is -2.41. The van der Waals surface area contributed by atoms with Crippen LogP contribution in [0.2, 0.25) is 0 Å². The summed E-state index contributed by atoms with van der Waals surface area (Å²) in [6.07, 6.45) is 0. The number of urea groups is 1. The number of esters is 1. The van der Waals surface area contributed by atoms with E-state index in [4.69, 9.17) is 9.47 Å². The zero-order valence-corrected chi connectivity index (χ0v) is 15.9. The van der Waals surface area contributed by atoms with E-state index in [1.54, 1.807) is 6.92 Å². The average molecular weight is 362 g/mol. The maximum absolute atomic E-state index is 12.8. The molecule has 1 heterocycles. The van der Waals surface area contributed by atoms with E-state index >= 15 is 0 Å². The number of nitrogens with one attached hydrogen (secondary N) is 1. The van der Waals surface area contributed by atoms with Gasteiger partial charge in [0.15, 0.2) is 0 Å². The second-order valence-corrected chi connectivity index (χ2v) is 7.49. The summed E-state index contributed by atoms with van der Waals surface area (Å²) in [5, 5.41) is 2.68. The largest absolute Gasteiger partial charge is 0.462 e. The number of ether oxygens (including phenoxy) is 2. The topological polar surface area (TPSA) is 84.9 Å². The molecule has 1 unspecified atom stereocenters. The Morgan fingerprint density at radius 2 is 1.77 bits per heavy atom. The summed E-state index contributed by atoms with van der Waals surface area (Å²) in [5.41, 5.74) is 0.569. The van der Waals surface area contributed by atoms with Crippen molar-refractivity contribution in [1.29, 1.82) is 0 Å². The lowest BCUT2D eigenvalue weighted by atomic mass is 9.84. The van der Waals surface area contributed by atoms with Crippen molar-refractivity contribution < 1.29 is 23.9 Å². The molecule has 26 heavy (non-hydrogen) atoms. The van der Waals surface area contributed by atoms with Crippen molar-refractivity contribution >= 4 is 17.9 Å². The van der Waals surface area contributed by atoms with E-state index in [2.05, 4.69) is 26.1 Å². The minimum atomic E-state index is -1.21. The van der Waals surface area contributed by atoms with Gasteiger partial charge < -0.3 is 14.8 Å². The standard InChI is InChI=1S/C19H26N2O5/c1-18(2,3)13-6-8-14(9-7-13)19(4)16(23)21(17(24)20-19)12-15(22)26-11-10-25-5/h6-9H,10-12H2,1-5H3,(H,20,24). The fourth-order valence-corrected chi connectivity index (χ4v) is 2.75. The Morgan fingerprint density at radius 3 is 2.31 bits per heavy atom. The summed E-state index contributed by atoms with van der Waals surface area (Å²) >= 11 is 0. The van der Waals surface area contributed by atoms with Crippen molar-refractivity contribution in [3.05, 3.63) is 35.4 Å². The lowest BCUT2D eigenvalue weighted by molar-refractivity contribution is -0.148. The molecule has 1 aromatic carbocycles. The van der Waals surface area contributed by atoms with Crippen molar-refractivity contribution in [1.82, 2.24) is 10.2 Å². The summed E-state index contributed by atoms with van der Waals surface area (Å²) in [4.78, 5) is 37.7. The molecule has 3 amide bonds. The van der Waals surface area contributed by atoms with Crippen LogP contribution in [0, 0.1) is 0 Å². The van der Waals surface area contributed by atoms with Crippen LogP contribution in [0.15, 0.2) is 24.3 Å². The molecule has 1 atom stereocenters. The van der Waals surface area contributed by atoms with Gasteiger partial charge in [0.1, 0.15) is 18.7 Å². The summed E-state index contributed by atoms with van der Waals surface area (Å²) in [6.45, 7) is 7.84. The van der Waals surface area contributed by atoms with Crippen molar-refractivity contribution in [2.75, 3.05) is 26.9 Å². The monoisotopic (exact) mass is 362 g/mol. The number of carbonyl (C=O) groups is 3. The van der Waals surface area contributed by atoms with Crippen LogP contribution in [0.25, 0.3) is 0 Å². The Kier molecular flexibility index (Phi) is 5.71. The molecule has 1 saturated heterocycles. The van der Waals surface area contributed by atoms with Gasteiger partial charge in [0.25, 0.3) is 5.91 Å². The quantitative estimate of drug-likeness (QED) is 0.475. The molecule has 7 heteroatoms. The maximum Gasteiger partial charge on any atom is 0.326 e. The van der Waals surface area contributed by atoms with Gasteiger partial charge in [-0.3, -0.25) is 14.5 Å². The zero-order chi connectivity index (χ0) is 19.5. The smallest absolute Gasteiger partial charge is 0.326 e. The maximum atomic E-state index is 12.8. The van der Waals surface area contributed by atoms with Crippen LogP contribution in [-0.4, -0.2) is 49.7 Å². The highest BCUT2D eigenvalue weighted by Gasteiger charge is 2.49. The first kappa shape index (κ1) is 19.9. The van der Waals surface area contributed by atoms with Crippen LogP contribution in [0.3, 0.4) is 0 Å². The van der Waals surface area contributed by atoms with E-state index in [-0.39, 0.29) is 18.6 Å². The van der Waals surface area contributed by atoms with E-state index in [1.165, 1.54) is 7.11 Å². The second kappa shape index (κ2) is 7.45. The molecule has 2 rings (SSSR count). The van der Waals surface area contributed by atoms with Crippen LogP contribution in [0.4, 0.5) is 4.79 Å². The first-order valence-corrected chi connectivity index (χ1v) is 8.49. The third-order valence-electron chi connectivity index (χ3n) is 4.44. The van der Waals surface area contributed by atoms with Crippen molar-refractivity contribution in [2.45, 2.75) is 38.6 Å². The minimum Gasteiger partial charge on any atom is -0.462 e. The molecule has 1 aliphatic rings. The van der Waals surface area contributed by atoms with Crippen LogP contribution in [-0.2, 0) is 30.0 Å². The molecule has 1 aromatic rings. The predicted molar refractivity (Wildman–Crippen MR) is 95.6 cm³/mol. The highest BCUT2D eigenvalue weighted by molar-refractivity contribution is 6.08. The fourth-order valence-electron chi connectivity index (χ4n) is 2.75. The van der Waals surface area contributed by atoms with E-state index in [0.29, 0.717) is 5.56 Å². The van der Waals surface area contributed by atoms with Gasteiger partial charge in [-0.1, -0.05) is 45.0 Å². The van der Waals surface area contributed by atoms with Gasteiger partial charge in [0.05, 0.1) is 6.61 Å². The van der Waals surface area contributed by atoms with E-state index < -0.39 is 30.0 Å². The molecule has 0 spiro atoms. The number of methoxy groups -OCH3 is 1. The molecule has 0 saturated carbocycles. The van der Waals surface area contributed by atoms with Gasteiger partial charge in [-0.05, 0) is 23.5 Å². The minimum absolute atomic E-state index is 0.0135. The predicted octanol–water partition coefficient (Wildman–Crippen LogP) is 1.94. The molecule has 1 fully saturated rings. The molecule has 0 aliphatic carbocycles. The van der Waals surface area contributed by atoms with E-state index in [0.717, 1.165) is 10.5 Å². The molecule has 0 radical (unpaired) electrons. The SMILES string of the molecule is COCCOC(=O)CN1C(=O)NC(C)(c2ccc(C(C)(C)C)cc2)C1=O. The Morgan fingerprint density at radius 1 is 1.15 bits per heavy atom. The Labute approximate surface area is 153 Å². The average Bonchev–Trinajstić information content (AvgIpc) is 2.79. The number of imide groups is 1. The molecule has 0 aromatic heterocycles. The van der Waals surface area contributed by atoms with Gasteiger partial charge in [-0.15, -0.1) is 0 Å². The fraction of sp³-hybridized carbons (Fsp3) is 0.526. The lowest BCUT2D eigenvalue weighted by Gasteiger charge is -2.24. The van der Waals surface area contributed by atoms with E-state index in [1.807, 2.05) is 24.3 Å². The molecular formula is C19H26N2O5. The number of rotatable bonds is 6. The molecular weight excluding hydrogens is 336 g/mol. The summed E-state index contributed by atoms with van der Waals surface area (Å²) in [5.74, 6) is -1.13. The Bertz CT molecular complexity index is 693. The van der Waals surface area contributed by atoms with Gasteiger partial charge in [-0.2, -0.15) is 0 Å². The van der Waals surface area contributed by atoms with Gasteiger partial charge >= 0.3 is 12.0 Å². The number of hydrogen-bond donors (Lipinski definition) is 1. The first-order chi connectivity index (χ1) is 12.1. The number of nitrogens with zero attached hydrogens (tertiary/aromatic N) is 1. The van der Waals surface area contributed by atoms with Gasteiger partial charge in [-0.25, -0.2) is 4.79 Å². The van der Waals surface area contributed by atoms with Gasteiger partial charge in [0, 0.05) is 7.11 Å².